The molecule has 0 unspecified atom stereocenters. The fourth-order valence-electron chi connectivity index (χ4n) is 2.59. The summed E-state index contributed by atoms with van der Waals surface area (Å²) in [6.45, 7) is 0.572. The Morgan fingerprint density at radius 2 is 1.59 bits per heavy atom. The number of carbonyl (C=O) groups is 2. The summed E-state index contributed by atoms with van der Waals surface area (Å²) in [5.41, 5.74) is 2.02. The number of rotatable bonds is 6. The maximum Gasteiger partial charge on any atom is 0.387 e. The van der Waals surface area contributed by atoms with E-state index in [9.17, 15) is 18.4 Å². The van der Waals surface area contributed by atoms with Gasteiger partial charge in [0.25, 0.3) is 5.91 Å². The first-order valence-corrected chi connectivity index (χ1v) is 7.90. The molecule has 2 aromatic rings. The number of methoxy groups -OCH3 is 2. The quantitative estimate of drug-likeness (QED) is 0.770. The molecule has 0 aliphatic heterocycles. The van der Waals surface area contributed by atoms with E-state index in [1.165, 1.54) is 13.2 Å². The lowest BCUT2D eigenvalue weighted by Gasteiger charge is -2.16. The van der Waals surface area contributed by atoms with E-state index < -0.39 is 18.5 Å². The average Bonchev–Trinajstić information content (AvgIpc) is 2.60. The summed E-state index contributed by atoms with van der Waals surface area (Å²) in [6.07, 6.45) is 0. The van der Waals surface area contributed by atoms with Crippen molar-refractivity contribution in [1.82, 2.24) is 0 Å². The third-order valence-corrected chi connectivity index (χ3v) is 3.66. The van der Waals surface area contributed by atoms with E-state index >= 15 is 0 Å². The highest BCUT2D eigenvalue weighted by Gasteiger charge is 2.21. The summed E-state index contributed by atoms with van der Waals surface area (Å²) in [5, 5.41) is 2.54. The lowest BCUT2D eigenvalue weighted by molar-refractivity contribution is -0.0511. The number of amides is 1. The topological polar surface area (TPSA) is 73.9 Å². The van der Waals surface area contributed by atoms with Crippen molar-refractivity contribution in [3.05, 3.63) is 52.6 Å². The molecule has 0 bridgehead atoms. The second-order valence-electron chi connectivity index (χ2n) is 5.75. The molecule has 0 aromatic heterocycles. The highest BCUT2D eigenvalue weighted by Crippen LogP contribution is 2.35. The van der Waals surface area contributed by atoms with Crippen LogP contribution in [0.15, 0.2) is 30.3 Å². The molecule has 144 valence electrons. The predicted octanol–water partition coefficient (Wildman–Crippen LogP) is 3.95. The van der Waals surface area contributed by atoms with E-state index in [-0.39, 0.29) is 22.7 Å². The number of aryl methyl sites for hydroxylation is 2. The van der Waals surface area contributed by atoms with Crippen molar-refractivity contribution in [1.29, 1.82) is 0 Å². The van der Waals surface area contributed by atoms with Gasteiger partial charge >= 0.3 is 12.6 Å². The lowest BCUT2D eigenvalue weighted by atomic mass is 10.1. The smallest absolute Gasteiger partial charge is 0.387 e. The Kier molecular flexibility index (Phi) is 6.33. The van der Waals surface area contributed by atoms with Gasteiger partial charge in [-0.15, -0.1) is 0 Å². The Morgan fingerprint density at radius 1 is 0.963 bits per heavy atom. The van der Waals surface area contributed by atoms with Crippen molar-refractivity contribution in [3.8, 4) is 11.5 Å². The highest BCUT2D eigenvalue weighted by molar-refractivity contribution is 6.08. The van der Waals surface area contributed by atoms with Gasteiger partial charge < -0.3 is 19.5 Å². The van der Waals surface area contributed by atoms with Crippen molar-refractivity contribution >= 4 is 17.6 Å². The minimum Gasteiger partial charge on any atom is -0.493 e. The Bertz CT molecular complexity index is 847. The summed E-state index contributed by atoms with van der Waals surface area (Å²) >= 11 is 0. The Labute approximate surface area is 155 Å². The van der Waals surface area contributed by atoms with Crippen molar-refractivity contribution in [3.63, 3.8) is 0 Å². The van der Waals surface area contributed by atoms with Gasteiger partial charge in [-0.2, -0.15) is 8.78 Å². The normalized spacial score (nSPS) is 10.5. The Morgan fingerprint density at radius 3 is 2.11 bits per heavy atom. The van der Waals surface area contributed by atoms with Gasteiger partial charge in [-0.1, -0.05) is 17.2 Å². The van der Waals surface area contributed by atoms with Gasteiger partial charge in [0.2, 0.25) is 0 Å². The number of alkyl halides is 2. The molecule has 0 saturated heterocycles. The second-order valence-corrected chi connectivity index (χ2v) is 5.75. The van der Waals surface area contributed by atoms with E-state index in [4.69, 9.17) is 4.74 Å². The zero-order valence-electron chi connectivity index (χ0n) is 15.3. The van der Waals surface area contributed by atoms with E-state index in [0.717, 1.165) is 24.3 Å². The number of ether oxygens (including phenoxy) is 3. The fourth-order valence-corrected chi connectivity index (χ4v) is 2.59. The van der Waals surface area contributed by atoms with Gasteiger partial charge in [0, 0.05) is 17.7 Å². The molecule has 27 heavy (non-hydrogen) atoms. The maximum absolute atomic E-state index is 12.7. The molecule has 2 aromatic carbocycles. The summed E-state index contributed by atoms with van der Waals surface area (Å²) in [6, 6.07) is 7.50. The van der Waals surface area contributed by atoms with E-state index in [1.54, 1.807) is 12.1 Å². The van der Waals surface area contributed by atoms with E-state index in [0.29, 0.717) is 5.56 Å². The number of esters is 1. The molecule has 2 rings (SSSR count). The molecule has 1 amide bonds. The van der Waals surface area contributed by atoms with Crippen LogP contribution in [0.25, 0.3) is 0 Å². The second kappa shape index (κ2) is 8.48. The molecule has 0 radical (unpaired) electrons. The third-order valence-electron chi connectivity index (χ3n) is 3.66. The molecule has 0 heterocycles. The first-order chi connectivity index (χ1) is 12.7. The van der Waals surface area contributed by atoms with Crippen LogP contribution in [0, 0.1) is 13.8 Å². The molecule has 0 atom stereocenters. The van der Waals surface area contributed by atoms with Crippen molar-refractivity contribution in [2.45, 2.75) is 20.5 Å². The van der Waals surface area contributed by atoms with Crippen LogP contribution in [0.2, 0.25) is 0 Å². The SMILES string of the molecule is COC(=O)c1cc(OC)c(OC(F)F)cc1NC(=O)c1cc(C)cc(C)c1. The summed E-state index contributed by atoms with van der Waals surface area (Å²) < 4.78 is 39.4. The standard InChI is InChI=1S/C19H19F2NO5/c1-10-5-11(2)7-12(6-10)17(23)22-14-9-16(27-19(20)21)15(25-3)8-13(14)18(24)26-4/h5-9,19H,1-4H3,(H,22,23). The molecule has 1 N–H and O–H groups in total. The first-order valence-electron chi connectivity index (χ1n) is 7.90. The minimum atomic E-state index is -3.11. The molecule has 0 fully saturated rings. The highest BCUT2D eigenvalue weighted by atomic mass is 19.3. The van der Waals surface area contributed by atoms with Gasteiger partial charge in [0.05, 0.1) is 25.5 Å². The van der Waals surface area contributed by atoms with Crippen LogP contribution in [-0.4, -0.2) is 32.7 Å². The van der Waals surface area contributed by atoms with Crippen LogP contribution in [0.1, 0.15) is 31.8 Å². The van der Waals surface area contributed by atoms with Gasteiger partial charge in [-0.3, -0.25) is 4.79 Å². The van der Waals surface area contributed by atoms with E-state index in [1.807, 2.05) is 19.9 Å². The lowest BCUT2D eigenvalue weighted by Crippen LogP contribution is -2.16. The van der Waals surface area contributed by atoms with Crippen LogP contribution >= 0.6 is 0 Å². The van der Waals surface area contributed by atoms with Crippen LogP contribution in [0.5, 0.6) is 11.5 Å². The molecule has 0 aliphatic rings. The van der Waals surface area contributed by atoms with Gasteiger partial charge in [0.1, 0.15) is 0 Å². The van der Waals surface area contributed by atoms with Gasteiger partial charge in [0.15, 0.2) is 11.5 Å². The number of hydrogen-bond donors (Lipinski definition) is 1. The van der Waals surface area contributed by atoms with Crippen LogP contribution in [-0.2, 0) is 4.74 Å². The van der Waals surface area contributed by atoms with Crippen molar-refractivity contribution in [2.75, 3.05) is 19.5 Å². The zero-order valence-corrected chi connectivity index (χ0v) is 15.3. The van der Waals surface area contributed by atoms with Crippen molar-refractivity contribution < 1.29 is 32.6 Å². The molecule has 0 saturated carbocycles. The number of benzene rings is 2. The van der Waals surface area contributed by atoms with E-state index in [2.05, 4.69) is 14.8 Å². The third kappa shape index (κ3) is 4.93. The number of nitrogens with one attached hydrogen (secondary N) is 1. The van der Waals surface area contributed by atoms with Crippen LogP contribution in [0.3, 0.4) is 0 Å². The Hall–Kier alpha value is -3.16. The summed E-state index contributed by atoms with van der Waals surface area (Å²) in [4.78, 5) is 24.6. The molecular formula is C19H19F2NO5. The number of carbonyl (C=O) groups excluding carboxylic acids is 2. The molecule has 8 heteroatoms. The van der Waals surface area contributed by atoms with Crippen LogP contribution < -0.4 is 14.8 Å². The average molecular weight is 379 g/mol. The zero-order chi connectivity index (χ0) is 20.1. The van der Waals surface area contributed by atoms with Gasteiger partial charge in [-0.05, 0) is 26.0 Å². The molecule has 0 aliphatic carbocycles. The first kappa shape index (κ1) is 20.2. The summed E-state index contributed by atoms with van der Waals surface area (Å²) in [7, 11) is 2.40. The molecule has 0 spiro atoms. The molecular weight excluding hydrogens is 360 g/mol. The monoisotopic (exact) mass is 379 g/mol. The van der Waals surface area contributed by atoms with Crippen molar-refractivity contribution in [2.24, 2.45) is 0 Å². The fraction of sp³-hybridized carbons (Fsp3) is 0.263. The van der Waals surface area contributed by atoms with Gasteiger partial charge in [-0.25, -0.2) is 4.79 Å². The maximum atomic E-state index is 12.7. The predicted molar refractivity (Wildman–Crippen MR) is 94.8 cm³/mol. The number of anilines is 1. The Balaban J connectivity index is 2.48. The van der Waals surface area contributed by atoms with Crippen LogP contribution in [0.4, 0.5) is 14.5 Å². The largest absolute Gasteiger partial charge is 0.493 e. The molecule has 6 nitrogen and oxygen atoms in total. The number of halogens is 2. The summed E-state index contributed by atoms with van der Waals surface area (Å²) in [5.74, 6) is -1.70. The minimum absolute atomic E-state index is 0.0394. The number of hydrogen-bond acceptors (Lipinski definition) is 5.